The lowest BCUT2D eigenvalue weighted by Gasteiger charge is -2.30. The Bertz CT molecular complexity index is 1550. The molecule has 1 atom stereocenters. The summed E-state index contributed by atoms with van der Waals surface area (Å²) in [5.74, 6) is -1.68. The monoisotopic (exact) mass is 553 g/mol. The van der Waals surface area contributed by atoms with Crippen molar-refractivity contribution >= 4 is 11.6 Å². The molecule has 208 valence electrons. The SMILES string of the molecule is CN(C1CC1)C(c1ccc(F)c(NC(=O)c2cc(C(F)(F)F)nn2-c2cccc(CN)c2)c1)c1ccccc1O. The van der Waals surface area contributed by atoms with Gasteiger partial charge < -0.3 is 16.2 Å². The van der Waals surface area contributed by atoms with E-state index >= 15 is 0 Å². The van der Waals surface area contributed by atoms with E-state index in [0.29, 0.717) is 22.8 Å². The molecule has 0 bridgehead atoms. The fraction of sp³-hybridized carbons (Fsp3) is 0.241. The summed E-state index contributed by atoms with van der Waals surface area (Å²) in [4.78, 5) is 15.4. The fourth-order valence-electron chi connectivity index (χ4n) is 4.73. The van der Waals surface area contributed by atoms with Crippen molar-refractivity contribution in [3.05, 3.63) is 107 Å². The van der Waals surface area contributed by atoms with Gasteiger partial charge in [-0.15, -0.1) is 0 Å². The Balaban J connectivity index is 1.53. The average molecular weight is 554 g/mol. The number of halogens is 4. The standard InChI is InChI=1S/C29H27F4N5O2/c1-37(19-10-11-19)27(21-7-2-3-8-25(21)39)18-9-12-22(30)23(14-18)35-28(40)24-15-26(29(31,32)33)36-38(24)20-6-4-5-17(13-20)16-34/h2-9,12-15,19,27,39H,10-11,16,34H2,1H3,(H,35,40). The number of nitrogens with zero attached hydrogens (tertiary/aromatic N) is 3. The number of hydrogen-bond donors (Lipinski definition) is 3. The number of anilines is 1. The molecule has 11 heteroatoms. The van der Waals surface area contributed by atoms with Crippen LogP contribution in [0.15, 0.2) is 72.8 Å². The number of aromatic nitrogens is 2. The molecule has 1 amide bonds. The molecule has 40 heavy (non-hydrogen) atoms. The predicted molar refractivity (Wildman–Crippen MR) is 142 cm³/mol. The van der Waals surface area contributed by atoms with E-state index in [1.807, 2.05) is 7.05 Å². The molecule has 1 unspecified atom stereocenters. The van der Waals surface area contributed by atoms with Gasteiger partial charge in [-0.2, -0.15) is 18.3 Å². The summed E-state index contributed by atoms with van der Waals surface area (Å²) in [6.07, 6.45) is -2.86. The lowest BCUT2D eigenvalue weighted by Crippen LogP contribution is -2.28. The molecule has 5 rings (SSSR count). The number of phenolic OH excluding ortho intramolecular Hbond substituents is 1. The van der Waals surface area contributed by atoms with E-state index in [9.17, 15) is 27.5 Å². The first-order chi connectivity index (χ1) is 19.1. The van der Waals surface area contributed by atoms with E-state index in [-0.39, 0.29) is 29.7 Å². The van der Waals surface area contributed by atoms with Crippen molar-refractivity contribution in [2.24, 2.45) is 5.73 Å². The van der Waals surface area contributed by atoms with Crippen LogP contribution in [0.2, 0.25) is 0 Å². The summed E-state index contributed by atoms with van der Waals surface area (Å²) in [6.45, 7) is 0.133. The molecule has 1 heterocycles. The summed E-state index contributed by atoms with van der Waals surface area (Å²) < 4.78 is 56.5. The minimum absolute atomic E-state index is 0.0678. The Hall–Kier alpha value is -4.22. The van der Waals surface area contributed by atoms with Crippen LogP contribution in [0, 0.1) is 5.82 Å². The van der Waals surface area contributed by atoms with Crippen molar-refractivity contribution in [1.29, 1.82) is 0 Å². The third kappa shape index (κ3) is 5.56. The third-order valence-corrected chi connectivity index (χ3v) is 6.94. The topological polar surface area (TPSA) is 96.4 Å². The molecule has 4 aromatic rings. The summed E-state index contributed by atoms with van der Waals surface area (Å²) >= 11 is 0. The van der Waals surface area contributed by atoms with Gasteiger partial charge in [0, 0.05) is 24.2 Å². The highest BCUT2D eigenvalue weighted by Gasteiger charge is 2.37. The van der Waals surface area contributed by atoms with Crippen LogP contribution >= 0.6 is 0 Å². The van der Waals surface area contributed by atoms with Crippen LogP contribution in [0.5, 0.6) is 5.75 Å². The summed E-state index contributed by atoms with van der Waals surface area (Å²) in [5, 5.41) is 16.6. The van der Waals surface area contributed by atoms with Gasteiger partial charge in [-0.1, -0.05) is 36.4 Å². The van der Waals surface area contributed by atoms with Crippen molar-refractivity contribution in [1.82, 2.24) is 14.7 Å². The minimum Gasteiger partial charge on any atom is -0.508 e. The Labute approximate surface area is 227 Å². The number of alkyl halides is 3. The number of carbonyl (C=O) groups excluding carboxylic acids is 1. The van der Waals surface area contributed by atoms with Gasteiger partial charge in [-0.05, 0) is 61.3 Å². The molecular weight excluding hydrogens is 526 g/mol. The second-order valence-electron chi connectivity index (χ2n) is 9.75. The maximum atomic E-state index is 15.0. The van der Waals surface area contributed by atoms with Crippen LogP contribution in [-0.2, 0) is 12.7 Å². The smallest absolute Gasteiger partial charge is 0.435 e. The maximum Gasteiger partial charge on any atom is 0.435 e. The highest BCUT2D eigenvalue weighted by molar-refractivity contribution is 6.03. The summed E-state index contributed by atoms with van der Waals surface area (Å²) in [6, 6.07) is 17.7. The van der Waals surface area contributed by atoms with Gasteiger partial charge in [0.25, 0.3) is 5.91 Å². The first-order valence-electron chi connectivity index (χ1n) is 12.6. The van der Waals surface area contributed by atoms with Crippen LogP contribution in [0.4, 0.5) is 23.2 Å². The number of phenols is 1. The Morgan fingerprint density at radius 2 is 1.88 bits per heavy atom. The lowest BCUT2D eigenvalue weighted by atomic mass is 9.95. The van der Waals surface area contributed by atoms with E-state index in [1.54, 1.807) is 42.5 Å². The molecule has 1 saturated carbocycles. The first kappa shape index (κ1) is 27.4. The van der Waals surface area contributed by atoms with E-state index in [2.05, 4.69) is 15.3 Å². The molecule has 7 nitrogen and oxygen atoms in total. The fourth-order valence-corrected chi connectivity index (χ4v) is 4.73. The van der Waals surface area contributed by atoms with Crippen LogP contribution in [0.1, 0.15) is 51.8 Å². The maximum absolute atomic E-state index is 15.0. The molecule has 1 aliphatic rings. The van der Waals surface area contributed by atoms with Crippen molar-refractivity contribution in [3.63, 3.8) is 0 Å². The number of aromatic hydroxyl groups is 1. The predicted octanol–water partition coefficient (Wildman–Crippen LogP) is 5.63. The number of carbonyl (C=O) groups is 1. The van der Waals surface area contributed by atoms with E-state index in [1.165, 1.54) is 24.3 Å². The molecule has 4 N–H and O–H groups in total. The summed E-state index contributed by atoms with van der Waals surface area (Å²) in [5.41, 5.74) is 5.77. The van der Waals surface area contributed by atoms with Gasteiger partial charge in [0.1, 0.15) is 17.3 Å². The number of benzene rings is 3. The average Bonchev–Trinajstić information content (AvgIpc) is 3.68. The minimum atomic E-state index is -4.81. The molecule has 0 spiro atoms. The number of amides is 1. The highest BCUT2D eigenvalue weighted by Crippen LogP contribution is 2.40. The number of nitrogens with one attached hydrogen (secondary N) is 1. The largest absolute Gasteiger partial charge is 0.508 e. The van der Waals surface area contributed by atoms with Crippen LogP contribution < -0.4 is 11.1 Å². The van der Waals surface area contributed by atoms with Crippen LogP contribution in [-0.4, -0.2) is 38.8 Å². The zero-order valence-electron chi connectivity index (χ0n) is 21.5. The molecule has 0 saturated heterocycles. The van der Waals surface area contributed by atoms with Gasteiger partial charge in [0.2, 0.25) is 0 Å². The van der Waals surface area contributed by atoms with Crippen molar-refractivity contribution in [2.45, 2.75) is 37.6 Å². The third-order valence-electron chi connectivity index (χ3n) is 6.94. The number of nitrogens with two attached hydrogens (primary N) is 1. The first-order valence-corrected chi connectivity index (χ1v) is 12.6. The number of para-hydroxylation sites is 1. The Morgan fingerprint density at radius 1 is 1.12 bits per heavy atom. The van der Waals surface area contributed by atoms with Gasteiger partial charge in [0.15, 0.2) is 5.69 Å². The Morgan fingerprint density at radius 3 is 2.55 bits per heavy atom. The van der Waals surface area contributed by atoms with Crippen LogP contribution in [0.25, 0.3) is 5.69 Å². The van der Waals surface area contributed by atoms with E-state index in [4.69, 9.17) is 5.73 Å². The van der Waals surface area contributed by atoms with Gasteiger partial charge in [-0.25, -0.2) is 9.07 Å². The molecule has 1 aromatic heterocycles. The van der Waals surface area contributed by atoms with E-state index < -0.39 is 35.3 Å². The molecule has 0 radical (unpaired) electrons. The highest BCUT2D eigenvalue weighted by atomic mass is 19.4. The summed E-state index contributed by atoms with van der Waals surface area (Å²) in [7, 11) is 1.91. The normalized spacial score (nSPS) is 14.4. The molecule has 1 aliphatic carbocycles. The second kappa shape index (κ2) is 10.7. The zero-order chi connectivity index (χ0) is 28.6. The number of hydrogen-bond acceptors (Lipinski definition) is 5. The lowest BCUT2D eigenvalue weighted by molar-refractivity contribution is -0.141. The molecule has 3 aromatic carbocycles. The van der Waals surface area contributed by atoms with Crippen molar-refractivity contribution in [2.75, 3.05) is 12.4 Å². The quantitative estimate of drug-likeness (QED) is 0.246. The molecular formula is C29H27F4N5O2. The molecule has 1 fully saturated rings. The zero-order valence-corrected chi connectivity index (χ0v) is 21.5. The number of rotatable bonds is 8. The van der Waals surface area contributed by atoms with Gasteiger partial charge in [0.05, 0.1) is 17.4 Å². The second-order valence-corrected chi connectivity index (χ2v) is 9.75. The van der Waals surface area contributed by atoms with E-state index in [0.717, 1.165) is 17.5 Å². The Kier molecular flexibility index (Phi) is 7.35. The van der Waals surface area contributed by atoms with Crippen molar-refractivity contribution < 1.29 is 27.5 Å². The molecule has 0 aliphatic heterocycles. The van der Waals surface area contributed by atoms with Crippen LogP contribution in [0.3, 0.4) is 0 Å². The van der Waals surface area contributed by atoms with Gasteiger partial charge >= 0.3 is 6.18 Å². The van der Waals surface area contributed by atoms with Gasteiger partial charge in [-0.3, -0.25) is 9.69 Å². The van der Waals surface area contributed by atoms with Crippen molar-refractivity contribution in [3.8, 4) is 11.4 Å².